The lowest BCUT2D eigenvalue weighted by Gasteiger charge is -2.34. The number of nitrogens with one attached hydrogen (secondary N) is 1. The van der Waals surface area contributed by atoms with Crippen molar-refractivity contribution in [1.29, 1.82) is 0 Å². The summed E-state index contributed by atoms with van der Waals surface area (Å²) in [6.07, 6.45) is 0. The molecule has 1 aromatic carbocycles. The molecule has 0 amide bonds. The predicted octanol–water partition coefficient (Wildman–Crippen LogP) is 2.55. The Morgan fingerprint density at radius 1 is 1.33 bits per heavy atom. The van der Waals surface area contributed by atoms with Crippen LogP contribution in [-0.2, 0) is 0 Å². The van der Waals surface area contributed by atoms with E-state index in [1.807, 2.05) is 6.92 Å². The van der Waals surface area contributed by atoms with Crippen molar-refractivity contribution in [2.45, 2.75) is 13.0 Å². The van der Waals surface area contributed by atoms with Crippen LogP contribution in [0, 0.1) is 0 Å². The Balaban J connectivity index is 0.00000200. The molecule has 0 aromatic heterocycles. The van der Waals surface area contributed by atoms with E-state index in [-0.39, 0.29) is 30.6 Å². The van der Waals surface area contributed by atoms with E-state index >= 15 is 0 Å². The summed E-state index contributed by atoms with van der Waals surface area (Å²) in [5, 5.41) is 13.5. The maximum Gasteiger partial charge on any atom is 0.162 e. The summed E-state index contributed by atoms with van der Waals surface area (Å²) < 4.78 is 18.8. The second kappa shape index (κ2) is 10.1. The lowest BCUT2D eigenvalue weighted by atomic mass is 10.0. The average Bonchev–Trinajstić information content (AvgIpc) is 2.45. The van der Waals surface area contributed by atoms with E-state index in [1.54, 1.807) is 18.2 Å². The molecule has 1 heterocycles. The standard InChI is InChI=1S/C14H21FN2O2.2ClH/c1-2-19-13-5-3-4-11(14(13)18)12(10-15)17-8-6-16-7-9-17;;/h3-5,12,16,18H,2,6-10H2,1H3;2*1H/t12-;;/m1../s1. The first-order chi connectivity index (χ1) is 9.27. The molecule has 0 spiro atoms. The highest BCUT2D eigenvalue weighted by atomic mass is 35.5. The third kappa shape index (κ3) is 4.88. The Kier molecular flexibility index (Phi) is 9.70. The minimum Gasteiger partial charge on any atom is -0.504 e. The van der Waals surface area contributed by atoms with Crippen molar-refractivity contribution in [2.75, 3.05) is 39.5 Å². The number of rotatable bonds is 5. The van der Waals surface area contributed by atoms with Crippen LogP contribution >= 0.6 is 24.8 Å². The van der Waals surface area contributed by atoms with Crippen molar-refractivity contribution < 1.29 is 14.2 Å². The fourth-order valence-corrected chi connectivity index (χ4v) is 2.45. The fraction of sp³-hybridized carbons (Fsp3) is 0.571. The van der Waals surface area contributed by atoms with Crippen molar-refractivity contribution in [3.63, 3.8) is 0 Å². The smallest absolute Gasteiger partial charge is 0.162 e. The van der Waals surface area contributed by atoms with Crippen LogP contribution in [0.4, 0.5) is 4.39 Å². The highest BCUT2D eigenvalue weighted by Gasteiger charge is 2.25. The summed E-state index contributed by atoms with van der Waals surface area (Å²) in [6.45, 7) is 5.09. The molecule has 1 aliphatic heterocycles. The van der Waals surface area contributed by atoms with Gasteiger partial charge in [0.2, 0.25) is 0 Å². The fourth-order valence-electron chi connectivity index (χ4n) is 2.45. The van der Waals surface area contributed by atoms with Gasteiger partial charge in [-0.3, -0.25) is 4.90 Å². The third-order valence-corrected chi connectivity index (χ3v) is 3.43. The molecule has 2 N–H and O–H groups in total. The van der Waals surface area contributed by atoms with E-state index in [4.69, 9.17) is 4.74 Å². The van der Waals surface area contributed by atoms with Crippen LogP contribution in [0.2, 0.25) is 0 Å². The van der Waals surface area contributed by atoms with Crippen LogP contribution in [0.15, 0.2) is 18.2 Å². The Morgan fingerprint density at radius 2 is 2.00 bits per heavy atom. The Hall–Kier alpha value is -0.750. The number of para-hydroxylation sites is 1. The number of ether oxygens (including phenoxy) is 1. The van der Waals surface area contributed by atoms with E-state index in [0.717, 1.165) is 26.2 Å². The van der Waals surface area contributed by atoms with Gasteiger partial charge in [-0.1, -0.05) is 12.1 Å². The molecule has 122 valence electrons. The van der Waals surface area contributed by atoms with Crippen LogP contribution in [-0.4, -0.2) is 49.5 Å². The highest BCUT2D eigenvalue weighted by molar-refractivity contribution is 5.85. The van der Waals surface area contributed by atoms with Crippen molar-refractivity contribution in [3.05, 3.63) is 23.8 Å². The maximum absolute atomic E-state index is 13.4. The van der Waals surface area contributed by atoms with Gasteiger partial charge in [0.25, 0.3) is 0 Å². The minimum atomic E-state index is -0.511. The number of phenolic OH excluding ortho intramolecular Hbond substituents is 1. The SMILES string of the molecule is CCOc1cccc([C@@H](CF)N2CCNCC2)c1O.Cl.Cl. The first kappa shape index (κ1) is 20.2. The summed E-state index contributed by atoms with van der Waals surface area (Å²) >= 11 is 0. The lowest BCUT2D eigenvalue weighted by Crippen LogP contribution is -2.45. The van der Waals surface area contributed by atoms with E-state index in [1.165, 1.54) is 0 Å². The molecule has 21 heavy (non-hydrogen) atoms. The summed E-state index contributed by atoms with van der Waals surface area (Å²) in [7, 11) is 0. The first-order valence-corrected chi connectivity index (χ1v) is 6.73. The van der Waals surface area contributed by atoms with Gasteiger partial charge in [-0.15, -0.1) is 24.8 Å². The predicted molar refractivity (Wildman–Crippen MR) is 86.9 cm³/mol. The van der Waals surface area contributed by atoms with Gasteiger partial charge in [0.1, 0.15) is 6.67 Å². The van der Waals surface area contributed by atoms with Crippen LogP contribution < -0.4 is 10.1 Å². The molecule has 0 aliphatic carbocycles. The Morgan fingerprint density at radius 3 is 2.57 bits per heavy atom. The average molecular weight is 341 g/mol. The van der Waals surface area contributed by atoms with Crippen molar-refractivity contribution in [3.8, 4) is 11.5 Å². The van der Waals surface area contributed by atoms with E-state index < -0.39 is 12.7 Å². The Labute approximate surface area is 137 Å². The van der Waals surface area contributed by atoms with Gasteiger partial charge < -0.3 is 15.2 Å². The molecule has 0 radical (unpaired) electrons. The number of phenols is 1. The molecule has 1 saturated heterocycles. The number of piperazine rings is 1. The first-order valence-electron chi connectivity index (χ1n) is 6.73. The molecule has 4 nitrogen and oxygen atoms in total. The number of hydrogen-bond donors (Lipinski definition) is 2. The van der Waals surface area contributed by atoms with Crippen molar-refractivity contribution >= 4 is 24.8 Å². The Bertz CT molecular complexity index is 418. The van der Waals surface area contributed by atoms with Crippen molar-refractivity contribution in [2.24, 2.45) is 0 Å². The molecule has 1 aliphatic rings. The molecular formula is C14H23Cl2FN2O2. The molecule has 7 heteroatoms. The van der Waals surface area contributed by atoms with Gasteiger partial charge in [-0.2, -0.15) is 0 Å². The zero-order chi connectivity index (χ0) is 13.7. The molecule has 1 fully saturated rings. The number of nitrogens with zero attached hydrogens (tertiary/aromatic N) is 1. The van der Waals surface area contributed by atoms with Gasteiger partial charge in [-0.05, 0) is 13.0 Å². The van der Waals surface area contributed by atoms with E-state index in [9.17, 15) is 9.50 Å². The monoisotopic (exact) mass is 340 g/mol. The summed E-state index contributed by atoms with van der Waals surface area (Å²) in [5.41, 5.74) is 0.607. The molecule has 1 atom stereocenters. The van der Waals surface area contributed by atoms with E-state index in [0.29, 0.717) is 17.9 Å². The molecule has 2 rings (SSSR count). The number of hydrogen-bond acceptors (Lipinski definition) is 4. The zero-order valence-corrected chi connectivity index (χ0v) is 13.7. The number of alkyl halides is 1. The van der Waals surface area contributed by atoms with Crippen LogP contribution in [0.3, 0.4) is 0 Å². The van der Waals surface area contributed by atoms with Gasteiger partial charge in [0.05, 0.1) is 12.6 Å². The number of benzene rings is 1. The minimum absolute atomic E-state index is 0. The number of halogens is 3. The normalized spacial score (nSPS) is 16.5. The van der Waals surface area contributed by atoms with Crippen LogP contribution in [0.25, 0.3) is 0 Å². The summed E-state index contributed by atoms with van der Waals surface area (Å²) in [6, 6.07) is 4.87. The van der Waals surface area contributed by atoms with Gasteiger partial charge in [0.15, 0.2) is 11.5 Å². The summed E-state index contributed by atoms with van der Waals surface area (Å²) in [5.74, 6) is 0.485. The number of aromatic hydroxyl groups is 1. The van der Waals surface area contributed by atoms with Gasteiger partial charge in [0, 0.05) is 31.7 Å². The highest BCUT2D eigenvalue weighted by Crippen LogP contribution is 2.36. The van der Waals surface area contributed by atoms with Crippen LogP contribution in [0.5, 0.6) is 11.5 Å². The molecule has 0 unspecified atom stereocenters. The largest absolute Gasteiger partial charge is 0.504 e. The second-order valence-electron chi connectivity index (χ2n) is 4.58. The molecule has 0 saturated carbocycles. The third-order valence-electron chi connectivity index (χ3n) is 3.43. The molecular weight excluding hydrogens is 318 g/mol. The topological polar surface area (TPSA) is 44.7 Å². The van der Waals surface area contributed by atoms with Crippen molar-refractivity contribution in [1.82, 2.24) is 10.2 Å². The maximum atomic E-state index is 13.4. The van der Waals surface area contributed by atoms with Gasteiger partial charge in [-0.25, -0.2) is 4.39 Å². The lowest BCUT2D eigenvalue weighted by molar-refractivity contribution is 0.144. The second-order valence-corrected chi connectivity index (χ2v) is 4.58. The summed E-state index contributed by atoms with van der Waals surface area (Å²) in [4.78, 5) is 2.06. The molecule has 0 bridgehead atoms. The zero-order valence-electron chi connectivity index (χ0n) is 12.0. The quantitative estimate of drug-likeness (QED) is 0.864. The molecule has 1 aromatic rings. The van der Waals surface area contributed by atoms with Gasteiger partial charge >= 0.3 is 0 Å². The van der Waals surface area contributed by atoms with Crippen LogP contribution in [0.1, 0.15) is 18.5 Å². The van der Waals surface area contributed by atoms with E-state index in [2.05, 4.69) is 10.2 Å².